The van der Waals surface area contributed by atoms with Gasteiger partial charge in [-0.1, -0.05) is 6.92 Å². The Labute approximate surface area is 96.0 Å². The maximum atomic E-state index is 10.4. The zero-order valence-electron chi connectivity index (χ0n) is 10.1. The van der Waals surface area contributed by atoms with Crippen LogP contribution in [-0.2, 0) is 9.47 Å². The van der Waals surface area contributed by atoms with Crippen molar-refractivity contribution in [2.45, 2.75) is 57.2 Å². The molecule has 0 unspecified atom stereocenters. The Bertz CT molecular complexity index is 230. The van der Waals surface area contributed by atoms with Crippen molar-refractivity contribution in [3.63, 3.8) is 0 Å². The molecule has 0 bridgehead atoms. The Kier molecular flexibility index (Phi) is 4.31. The van der Waals surface area contributed by atoms with Gasteiger partial charge in [-0.2, -0.15) is 0 Å². The molecule has 96 valence electrons. The fourth-order valence-corrected chi connectivity index (χ4v) is 1.93. The summed E-state index contributed by atoms with van der Waals surface area (Å²) in [5.41, 5.74) is -1.16. The largest absolute Gasteiger partial charge is 0.394 e. The highest BCUT2D eigenvalue weighted by atomic mass is 16.7. The smallest absolute Gasteiger partial charge is 0.163 e. The van der Waals surface area contributed by atoms with Crippen molar-refractivity contribution in [1.82, 2.24) is 0 Å². The number of aliphatic hydroxyl groups excluding tert-OH is 2. The molecule has 0 aromatic rings. The highest BCUT2D eigenvalue weighted by Crippen LogP contribution is 2.33. The molecular formula is C11H22O5. The normalized spacial score (nSPS) is 30.0. The first-order chi connectivity index (χ1) is 7.33. The number of aliphatic hydroxyl groups is 3. The van der Waals surface area contributed by atoms with E-state index in [1.54, 1.807) is 13.8 Å². The van der Waals surface area contributed by atoms with Crippen LogP contribution in [0.4, 0.5) is 0 Å². The van der Waals surface area contributed by atoms with Gasteiger partial charge in [-0.15, -0.1) is 0 Å². The van der Waals surface area contributed by atoms with Gasteiger partial charge in [0, 0.05) is 6.42 Å². The van der Waals surface area contributed by atoms with Gasteiger partial charge >= 0.3 is 0 Å². The van der Waals surface area contributed by atoms with Crippen LogP contribution in [0.15, 0.2) is 0 Å². The van der Waals surface area contributed by atoms with Crippen molar-refractivity contribution in [2.24, 2.45) is 0 Å². The number of ether oxygens (including phenoxy) is 2. The van der Waals surface area contributed by atoms with Crippen molar-refractivity contribution in [3.8, 4) is 0 Å². The summed E-state index contributed by atoms with van der Waals surface area (Å²) in [6, 6.07) is 0. The molecule has 0 spiro atoms. The number of rotatable bonds is 5. The Hall–Kier alpha value is -0.200. The summed E-state index contributed by atoms with van der Waals surface area (Å²) in [6.45, 7) is 5.32. The van der Waals surface area contributed by atoms with Gasteiger partial charge in [-0.05, 0) is 20.3 Å². The molecule has 3 N–H and O–H groups in total. The molecule has 1 aliphatic heterocycles. The second-order valence-electron chi connectivity index (χ2n) is 4.81. The van der Waals surface area contributed by atoms with Crippen LogP contribution in [-0.4, -0.2) is 52.1 Å². The lowest BCUT2D eigenvalue weighted by molar-refractivity contribution is -0.177. The second-order valence-corrected chi connectivity index (χ2v) is 4.81. The molecule has 1 rings (SSSR count). The highest BCUT2D eigenvalue weighted by Gasteiger charge is 2.45. The molecule has 0 aromatic heterocycles. The first-order valence-corrected chi connectivity index (χ1v) is 5.66. The standard InChI is InChI=1S/C11H22O5/c1-4-11(14,5-8(13)6-12)9-7-15-10(2,3)16-9/h8-9,12-14H,4-7H2,1-3H3/t8-,9-,11+/m1/s1. The molecule has 0 saturated carbocycles. The molecule has 1 aliphatic rings. The summed E-state index contributed by atoms with van der Waals surface area (Å²) in [4.78, 5) is 0. The molecular weight excluding hydrogens is 212 g/mol. The first-order valence-electron chi connectivity index (χ1n) is 5.66. The van der Waals surface area contributed by atoms with Gasteiger partial charge < -0.3 is 24.8 Å². The van der Waals surface area contributed by atoms with Gasteiger partial charge in [-0.3, -0.25) is 0 Å². The van der Waals surface area contributed by atoms with Crippen molar-refractivity contribution < 1.29 is 24.8 Å². The topological polar surface area (TPSA) is 79.2 Å². The van der Waals surface area contributed by atoms with Crippen LogP contribution in [0.25, 0.3) is 0 Å². The van der Waals surface area contributed by atoms with E-state index in [9.17, 15) is 10.2 Å². The lowest BCUT2D eigenvalue weighted by atomic mass is 9.88. The van der Waals surface area contributed by atoms with Gasteiger partial charge in [0.2, 0.25) is 0 Å². The summed E-state index contributed by atoms with van der Waals surface area (Å²) in [7, 11) is 0. The highest BCUT2D eigenvalue weighted by molar-refractivity contribution is 4.92. The van der Waals surface area contributed by atoms with Crippen molar-refractivity contribution in [1.29, 1.82) is 0 Å². The monoisotopic (exact) mass is 234 g/mol. The van der Waals surface area contributed by atoms with Crippen LogP contribution in [0.3, 0.4) is 0 Å². The average molecular weight is 234 g/mol. The van der Waals surface area contributed by atoms with Crippen LogP contribution >= 0.6 is 0 Å². The molecule has 3 atom stereocenters. The Morgan fingerprint density at radius 1 is 1.50 bits per heavy atom. The van der Waals surface area contributed by atoms with Crippen LogP contribution in [0.1, 0.15) is 33.6 Å². The third-order valence-corrected chi connectivity index (χ3v) is 3.02. The van der Waals surface area contributed by atoms with Gasteiger partial charge in [0.05, 0.1) is 24.9 Å². The second kappa shape index (κ2) is 4.98. The molecule has 0 aliphatic carbocycles. The third-order valence-electron chi connectivity index (χ3n) is 3.02. The summed E-state index contributed by atoms with van der Waals surface area (Å²) in [6.07, 6.45) is -0.871. The minimum Gasteiger partial charge on any atom is -0.394 e. The SMILES string of the molecule is CC[C@](O)(C[C@@H](O)CO)[C@H]1COC(C)(C)O1. The lowest BCUT2D eigenvalue weighted by Gasteiger charge is -2.33. The van der Waals surface area contributed by atoms with Crippen molar-refractivity contribution >= 4 is 0 Å². The predicted octanol–water partition coefficient (Wildman–Crippen LogP) is 0.0223. The van der Waals surface area contributed by atoms with E-state index in [0.717, 1.165) is 0 Å². The van der Waals surface area contributed by atoms with Crippen LogP contribution in [0.2, 0.25) is 0 Å². The van der Waals surface area contributed by atoms with Gasteiger partial charge in [0.15, 0.2) is 5.79 Å². The molecule has 5 heteroatoms. The van der Waals surface area contributed by atoms with Crippen molar-refractivity contribution in [2.75, 3.05) is 13.2 Å². The summed E-state index contributed by atoms with van der Waals surface area (Å²) in [5, 5.41) is 28.6. The van der Waals surface area contributed by atoms with E-state index in [1.807, 2.05) is 6.92 Å². The first kappa shape index (κ1) is 13.9. The maximum Gasteiger partial charge on any atom is 0.163 e. The minimum absolute atomic E-state index is 0.0874. The summed E-state index contributed by atoms with van der Waals surface area (Å²) >= 11 is 0. The van der Waals surface area contributed by atoms with E-state index >= 15 is 0 Å². The molecule has 16 heavy (non-hydrogen) atoms. The Morgan fingerprint density at radius 3 is 2.50 bits per heavy atom. The molecule has 0 aromatic carbocycles. The van der Waals surface area contributed by atoms with E-state index in [0.29, 0.717) is 13.0 Å². The molecule has 0 amide bonds. The molecule has 1 saturated heterocycles. The predicted molar refractivity (Wildman–Crippen MR) is 57.9 cm³/mol. The summed E-state index contributed by atoms with van der Waals surface area (Å²) < 4.78 is 11.0. The molecule has 1 fully saturated rings. The van der Waals surface area contributed by atoms with Crippen LogP contribution < -0.4 is 0 Å². The molecule has 5 nitrogen and oxygen atoms in total. The third kappa shape index (κ3) is 3.15. The van der Waals surface area contributed by atoms with Gasteiger partial charge in [-0.25, -0.2) is 0 Å². The van der Waals surface area contributed by atoms with Crippen LogP contribution in [0, 0.1) is 0 Å². The number of hydrogen-bond acceptors (Lipinski definition) is 5. The van der Waals surface area contributed by atoms with Gasteiger partial charge in [0.1, 0.15) is 6.10 Å². The minimum atomic E-state index is -1.16. The zero-order chi connectivity index (χ0) is 12.4. The quantitative estimate of drug-likeness (QED) is 0.625. The molecule has 0 radical (unpaired) electrons. The van der Waals surface area contributed by atoms with E-state index < -0.39 is 23.6 Å². The maximum absolute atomic E-state index is 10.4. The van der Waals surface area contributed by atoms with Gasteiger partial charge in [0.25, 0.3) is 0 Å². The Morgan fingerprint density at radius 2 is 2.12 bits per heavy atom. The number of hydrogen-bond donors (Lipinski definition) is 3. The van der Waals surface area contributed by atoms with Crippen molar-refractivity contribution in [3.05, 3.63) is 0 Å². The summed E-state index contributed by atoms with van der Waals surface area (Å²) in [5.74, 6) is -0.696. The van der Waals surface area contributed by atoms with Crippen LogP contribution in [0.5, 0.6) is 0 Å². The average Bonchev–Trinajstić information content (AvgIpc) is 2.59. The Balaban J connectivity index is 2.66. The molecule has 1 heterocycles. The van der Waals surface area contributed by atoms with E-state index in [4.69, 9.17) is 14.6 Å². The van der Waals surface area contributed by atoms with E-state index in [1.165, 1.54) is 0 Å². The fraction of sp³-hybridized carbons (Fsp3) is 1.00. The zero-order valence-corrected chi connectivity index (χ0v) is 10.1. The van der Waals surface area contributed by atoms with E-state index in [2.05, 4.69) is 0 Å². The lowest BCUT2D eigenvalue weighted by Crippen LogP contribution is -2.47. The fourth-order valence-electron chi connectivity index (χ4n) is 1.93. The van der Waals surface area contributed by atoms with E-state index in [-0.39, 0.29) is 13.0 Å².